The second kappa shape index (κ2) is 11.1. The molecule has 0 fully saturated rings. The summed E-state index contributed by atoms with van der Waals surface area (Å²) in [7, 11) is 0. The number of benzene rings is 3. The van der Waals surface area contributed by atoms with Gasteiger partial charge in [-0.05, 0) is 48.5 Å². The predicted molar refractivity (Wildman–Crippen MR) is 128 cm³/mol. The first kappa shape index (κ1) is 23.1. The zero-order valence-corrected chi connectivity index (χ0v) is 19.0. The molecular formula is C24H17BrClN3O3. The van der Waals surface area contributed by atoms with E-state index in [9.17, 15) is 14.9 Å². The Morgan fingerprint density at radius 2 is 1.75 bits per heavy atom. The quantitative estimate of drug-likeness (QED) is 0.317. The van der Waals surface area contributed by atoms with Crippen LogP contribution in [0.5, 0.6) is 5.75 Å². The minimum absolute atomic E-state index is 0.114. The van der Waals surface area contributed by atoms with Crippen LogP contribution in [-0.4, -0.2) is 18.4 Å². The number of rotatable bonds is 7. The van der Waals surface area contributed by atoms with Gasteiger partial charge in [-0.25, -0.2) is 0 Å². The molecule has 0 aliphatic rings. The molecule has 0 saturated carbocycles. The van der Waals surface area contributed by atoms with Crippen LogP contribution in [0, 0.1) is 11.3 Å². The van der Waals surface area contributed by atoms with Crippen molar-refractivity contribution >= 4 is 56.8 Å². The van der Waals surface area contributed by atoms with Gasteiger partial charge in [0.25, 0.3) is 11.8 Å². The molecule has 2 amide bonds. The van der Waals surface area contributed by atoms with Gasteiger partial charge in [-0.3, -0.25) is 9.59 Å². The molecule has 0 unspecified atom stereocenters. The molecule has 0 aromatic heterocycles. The first-order valence-corrected chi connectivity index (χ1v) is 10.6. The van der Waals surface area contributed by atoms with Crippen molar-refractivity contribution in [3.8, 4) is 11.8 Å². The number of nitrogens with one attached hydrogen (secondary N) is 2. The highest BCUT2D eigenvalue weighted by Gasteiger charge is 2.13. The second-order valence-corrected chi connectivity index (χ2v) is 7.81. The molecule has 0 aliphatic carbocycles. The molecule has 0 saturated heterocycles. The first-order chi connectivity index (χ1) is 15.5. The number of nitriles is 1. The van der Waals surface area contributed by atoms with Gasteiger partial charge in [-0.1, -0.05) is 57.9 Å². The molecular weight excluding hydrogens is 494 g/mol. The van der Waals surface area contributed by atoms with Crippen LogP contribution in [0.25, 0.3) is 6.08 Å². The van der Waals surface area contributed by atoms with E-state index in [1.54, 1.807) is 66.7 Å². The molecule has 0 spiro atoms. The molecule has 0 aliphatic heterocycles. The van der Waals surface area contributed by atoms with Crippen LogP contribution in [0.15, 0.2) is 82.8 Å². The minimum atomic E-state index is -0.555. The third-order valence-corrected chi connectivity index (χ3v) is 5.00. The lowest BCUT2D eigenvalue weighted by Gasteiger charge is -2.11. The Hall–Kier alpha value is -3.60. The Kier molecular flexibility index (Phi) is 8.03. The summed E-state index contributed by atoms with van der Waals surface area (Å²) in [6.45, 7) is -0.286. The van der Waals surface area contributed by atoms with E-state index < -0.39 is 11.8 Å². The van der Waals surface area contributed by atoms with E-state index in [1.807, 2.05) is 12.1 Å². The van der Waals surface area contributed by atoms with E-state index in [0.717, 1.165) is 4.47 Å². The third kappa shape index (κ3) is 6.45. The molecule has 160 valence electrons. The second-order valence-electron chi connectivity index (χ2n) is 6.49. The van der Waals surface area contributed by atoms with Crippen LogP contribution in [0.2, 0.25) is 5.02 Å². The average Bonchev–Trinajstić information content (AvgIpc) is 2.79. The van der Waals surface area contributed by atoms with Gasteiger partial charge in [0.05, 0.1) is 10.7 Å². The lowest BCUT2D eigenvalue weighted by Crippen LogP contribution is -2.20. The fourth-order valence-corrected chi connectivity index (χ4v) is 3.24. The van der Waals surface area contributed by atoms with Gasteiger partial charge in [-0.15, -0.1) is 0 Å². The summed E-state index contributed by atoms with van der Waals surface area (Å²) in [5, 5.41) is 15.3. The molecule has 8 heteroatoms. The number of hydrogen-bond acceptors (Lipinski definition) is 4. The number of carbonyl (C=O) groups is 2. The molecule has 0 bridgehead atoms. The maximum atomic E-state index is 12.5. The Bertz CT molecular complexity index is 1210. The summed E-state index contributed by atoms with van der Waals surface area (Å²) in [4.78, 5) is 24.8. The Balaban J connectivity index is 1.75. The predicted octanol–water partition coefficient (Wildman–Crippen LogP) is 5.67. The first-order valence-electron chi connectivity index (χ1n) is 9.41. The number of nitrogens with zero attached hydrogens (tertiary/aromatic N) is 1. The molecule has 3 rings (SSSR count). The van der Waals surface area contributed by atoms with Crippen molar-refractivity contribution in [1.82, 2.24) is 0 Å². The van der Waals surface area contributed by atoms with E-state index in [-0.39, 0.29) is 12.2 Å². The Labute approximate surface area is 198 Å². The van der Waals surface area contributed by atoms with Crippen LogP contribution < -0.4 is 15.4 Å². The van der Waals surface area contributed by atoms with Crippen LogP contribution in [0.4, 0.5) is 11.4 Å². The van der Waals surface area contributed by atoms with Gasteiger partial charge in [-0.2, -0.15) is 5.26 Å². The highest BCUT2D eigenvalue weighted by molar-refractivity contribution is 9.10. The summed E-state index contributed by atoms with van der Waals surface area (Å²) in [5.41, 5.74) is 1.39. The monoisotopic (exact) mass is 509 g/mol. The van der Waals surface area contributed by atoms with Gasteiger partial charge < -0.3 is 15.4 Å². The number of hydrogen-bond donors (Lipinski definition) is 2. The van der Waals surface area contributed by atoms with Crippen molar-refractivity contribution < 1.29 is 14.3 Å². The molecule has 3 aromatic carbocycles. The summed E-state index contributed by atoms with van der Waals surface area (Å²) >= 11 is 9.42. The molecule has 0 heterocycles. The van der Waals surface area contributed by atoms with Crippen molar-refractivity contribution in [2.24, 2.45) is 0 Å². The lowest BCUT2D eigenvalue weighted by atomic mass is 10.1. The van der Waals surface area contributed by atoms with Crippen molar-refractivity contribution in [2.75, 3.05) is 17.2 Å². The van der Waals surface area contributed by atoms with Gasteiger partial charge in [0.2, 0.25) is 0 Å². The van der Waals surface area contributed by atoms with Gasteiger partial charge >= 0.3 is 0 Å². The maximum absolute atomic E-state index is 12.5. The highest BCUT2D eigenvalue weighted by atomic mass is 79.9. The van der Waals surface area contributed by atoms with Crippen LogP contribution in [-0.2, 0) is 9.59 Å². The number of anilines is 2. The Morgan fingerprint density at radius 1 is 1.03 bits per heavy atom. The van der Waals surface area contributed by atoms with E-state index in [2.05, 4.69) is 26.6 Å². The largest absolute Gasteiger partial charge is 0.483 e. The number of para-hydroxylation sites is 2. The summed E-state index contributed by atoms with van der Waals surface area (Å²) < 4.78 is 6.37. The van der Waals surface area contributed by atoms with E-state index in [4.69, 9.17) is 16.3 Å². The fraction of sp³-hybridized carbons (Fsp3) is 0.0417. The van der Waals surface area contributed by atoms with Gasteiger partial charge in [0, 0.05) is 15.7 Å². The van der Waals surface area contributed by atoms with Gasteiger partial charge in [0.15, 0.2) is 6.61 Å². The Morgan fingerprint density at radius 3 is 2.47 bits per heavy atom. The molecule has 6 nitrogen and oxygen atoms in total. The van der Waals surface area contributed by atoms with E-state index in [0.29, 0.717) is 27.7 Å². The normalized spacial score (nSPS) is 10.7. The zero-order chi connectivity index (χ0) is 22.9. The smallest absolute Gasteiger partial charge is 0.266 e. The fourth-order valence-electron chi connectivity index (χ4n) is 2.68. The molecule has 0 atom stereocenters. The summed E-state index contributed by atoms with van der Waals surface area (Å²) in [6, 6.07) is 22.6. The van der Waals surface area contributed by atoms with Crippen molar-refractivity contribution in [1.29, 1.82) is 5.26 Å². The number of ether oxygens (including phenoxy) is 1. The summed E-state index contributed by atoms with van der Waals surface area (Å²) in [5.74, 6) is -0.623. The van der Waals surface area contributed by atoms with Crippen molar-refractivity contribution in [2.45, 2.75) is 0 Å². The highest BCUT2D eigenvalue weighted by Crippen LogP contribution is 2.26. The SMILES string of the molecule is N#C/C(=C\c1cc(Br)ccc1OCC(=O)Nc1ccccc1Cl)C(=O)Nc1ccccc1. The van der Waals surface area contributed by atoms with Gasteiger partial charge in [0.1, 0.15) is 17.4 Å². The van der Waals surface area contributed by atoms with Crippen LogP contribution in [0.1, 0.15) is 5.56 Å². The molecule has 3 aromatic rings. The van der Waals surface area contributed by atoms with Crippen LogP contribution in [0.3, 0.4) is 0 Å². The average molecular weight is 511 g/mol. The standard InChI is InChI=1S/C24H17BrClN3O3/c25-18-10-11-22(32-15-23(30)29-21-9-5-4-8-20(21)26)16(13-18)12-17(14-27)24(31)28-19-6-2-1-3-7-19/h1-13H,15H2,(H,28,31)(H,29,30)/b17-12+. The van der Waals surface area contributed by atoms with E-state index in [1.165, 1.54) is 6.08 Å². The number of halogens is 2. The molecule has 2 N–H and O–H groups in total. The van der Waals surface area contributed by atoms with Crippen molar-refractivity contribution in [3.05, 3.63) is 93.4 Å². The van der Waals surface area contributed by atoms with Crippen LogP contribution >= 0.6 is 27.5 Å². The molecule has 32 heavy (non-hydrogen) atoms. The summed E-state index contributed by atoms with van der Waals surface area (Å²) in [6.07, 6.45) is 1.41. The number of carbonyl (C=O) groups excluding carboxylic acids is 2. The number of amides is 2. The molecule has 0 radical (unpaired) electrons. The maximum Gasteiger partial charge on any atom is 0.266 e. The zero-order valence-electron chi connectivity index (χ0n) is 16.6. The minimum Gasteiger partial charge on any atom is -0.483 e. The van der Waals surface area contributed by atoms with E-state index >= 15 is 0 Å². The van der Waals surface area contributed by atoms with Crippen molar-refractivity contribution in [3.63, 3.8) is 0 Å². The lowest BCUT2D eigenvalue weighted by molar-refractivity contribution is -0.118. The third-order valence-electron chi connectivity index (χ3n) is 4.18. The topological polar surface area (TPSA) is 91.2 Å².